The molecule has 0 aliphatic heterocycles. The molecule has 0 saturated heterocycles. The average molecular weight is 404 g/mol. The van der Waals surface area contributed by atoms with Crippen LogP contribution in [0, 0.1) is 0 Å². The van der Waals surface area contributed by atoms with Gasteiger partial charge in [0, 0.05) is 24.2 Å². The molecule has 0 bridgehead atoms. The quantitative estimate of drug-likeness (QED) is 0.602. The molecule has 0 heterocycles. The molecule has 0 aliphatic carbocycles. The highest BCUT2D eigenvalue weighted by atomic mass is 16.5. The molecule has 154 valence electrons. The summed E-state index contributed by atoms with van der Waals surface area (Å²) >= 11 is 0. The lowest BCUT2D eigenvalue weighted by Gasteiger charge is -2.09. The molecule has 0 atom stereocenters. The van der Waals surface area contributed by atoms with Crippen LogP contribution in [0.5, 0.6) is 11.5 Å². The molecule has 6 nitrogen and oxygen atoms in total. The van der Waals surface area contributed by atoms with E-state index in [1.54, 1.807) is 38.5 Å². The van der Waals surface area contributed by atoms with Crippen molar-refractivity contribution in [3.8, 4) is 11.5 Å². The van der Waals surface area contributed by atoms with Crippen LogP contribution in [0.25, 0.3) is 0 Å². The molecule has 0 saturated carbocycles. The Hall–Kier alpha value is -3.80. The predicted molar refractivity (Wildman–Crippen MR) is 115 cm³/mol. The van der Waals surface area contributed by atoms with Gasteiger partial charge >= 0.3 is 0 Å². The fraction of sp³-hybridized carbons (Fsp3) is 0.167. The molecule has 2 N–H and O–H groups in total. The minimum atomic E-state index is -0.248. The minimum absolute atomic E-state index is 0.242. The van der Waals surface area contributed by atoms with E-state index < -0.39 is 0 Å². The van der Waals surface area contributed by atoms with E-state index in [4.69, 9.17) is 9.47 Å². The van der Waals surface area contributed by atoms with Gasteiger partial charge in [-0.05, 0) is 53.6 Å². The highest BCUT2D eigenvalue weighted by molar-refractivity contribution is 5.99. The summed E-state index contributed by atoms with van der Waals surface area (Å²) in [5, 5.41) is 5.73. The van der Waals surface area contributed by atoms with Gasteiger partial charge in [-0.2, -0.15) is 0 Å². The van der Waals surface area contributed by atoms with Gasteiger partial charge in [-0.25, -0.2) is 0 Å². The third-order valence-electron chi connectivity index (χ3n) is 4.59. The van der Waals surface area contributed by atoms with E-state index in [1.165, 1.54) is 0 Å². The van der Waals surface area contributed by atoms with Gasteiger partial charge in [0.25, 0.3) is 11.8 Å². The Balaban J connectivity index is 1.58. The summed E-state index contributed by atoms with van der Waals surface area (Å²) in [5.41, 5.74) is 2.74. The minimum Gasteiger partial charge on any atom is -0.497 e. The molecule has 0 aliphatic rings. The van der Waals surface area contributed by atoms with Crippen LogP contribution >= 0.6 is 0 Å². The maximum atomic E-state index is 12.5. The third-order valence-corrected chi connectivity index (χ3v) is 4.59. The Labute approximate surface area is 175 Å². The summed E-state index contributed by atoms with van der Waals surface area (Å²) in [6, 6.07) is 21.6. The molecule has 0 radical (unpaired) electrons. The predicted octanol–water partition coefficient (Wildman–Crippen LogP) is 3.56. The molecule has 0 spiro atoms. The third kappa shape index (κ3) is 5.61. The average Bonchev–Trinajstić information content (AvgIpc) is 2.81. The Bertz CT molecular complexity index is 1020. The smallest absolute Gasteiger partial charge is 0.251 e. The van der Waals surface area contributed by atoms with Gasteiger partial charge in [0.2, 0.25) is 0 Å². The van der Waals surface area contributed by atoms with E-state index >= 15 is 0 Å². The van der Waals surface area contributed by atoms with Crippen molar-refractivity contribution in [2.45, 2.75) is 13.1 Å². The number of carbonyl (C=O) groups excluding carboxylic acids is 2. The second-order valence-corrected chi connectivity index (χ2v) is 6.65. The zero-order chi connectivity index (χ0) is 21.3. The van der Waals surface area contributed by atoms with Crippen molar-refractivity contribution in [1.82, 2.24) is 10.6 Å². The van der Waals surface area contributed by atoms with Gasteiger partial charge in [-0.3, -0.25) is 9.59 Å². The number of hydrogen-bond acceptors (Lipinski definition) is 4. The monoisotopic (exact) mass is 404 g/mol. The first kappa shape index (κ1) is 20.9. The summed E-state index contributed by atoms with van der Waals surface area (Å²) in [7, 11) is 3.21. The van der Waals surface area contributed by atoms with Crippen LogP contribution < -0.4 is 20.1 Å². The first-order valence-corrected chi connectivity index (χ1v) is 9.51. The summed E-state index contributed by atoms with van der Waals surface area (Å²) in [5.74, 6) is 1.01. The maximum Gasteiger partial charge on any atom is 0.251 e. The van der Waals surface area contributed by atoms with E-state index in [2.05, 4.69) is 10.6 Å². The van der Waals surface area contributed by atoms with Crippen molar-refractivity contribution < 1.29 is 19.1 Å². The van der Waals surface area contributed by atoms with Crippen LogP contribution in [0.1, 0.15) is 31.8 Å². The van der Waals surface area contributed by atoms with Gasteiger partial charge in [-0.15, -0.1) is 0 Å². The first-order chi connectivity index (χ1) is 14.6. The Morgan fingerprint density at radius 1 is 0.667 bits per heavy atom. The Morgan fingerprint density at radius 2 is 1.23 bits per heavy atom. The van der Waals surface area contributed by atoms with Crippen LogP contribution in [0.3, 0.4) is 0 Å². The molecule has 0 fully saturated rings. The van der Waals surface area contributed by atoms with Crippen LogP contribution in [0.15, 0.2) is 72.8 Å². The number of methoxy groups -OCH3 is 2. The zero-order valence-corrected chi connectivity index (χ0v) is 17.0. The lowest BCUT2D eigenvalue weighted by Crippen LogP contribution is -2.25. The molecule has 3 aromatic carbocycles. The maximum absolute atomic E-state index is 12.5. The van der Waals surface area contributed by atoms with Crippen molar-refractivity contribution in [1.29, 1.82) is 0 Å². The second-order valence-electron chi connectivity index (χ2n) is 6.65. The molecular weight excluding hydrogens is 380 g/mol. The molecule has 6 heteroatoms. The van der Waals surface area contributed by atoms with Gasteiger partial charge in [0.1, 0.15) is 11.5 Å². The van der Waals surface area contributed by atoms with Crippen molar-refractivity contribution in [3.63, 3.8) is 0 Å². The Morgan fingerprint density at radius 3 is 1.83 bits per heavy atom. The fourth-order valence-corrected chi connectivity index (χ4v) is 2.90. The second kappa shape index (κ2) is 10.1. The number of carbonyl (C=O) groups is 2. The molecule has 3 aromatic rings. The molecule has 30 heavy (non-hydrogen) atoms. The van der Waals surface area contributed by atoms with Crippen molar-refractivity contribution in [2.75, 3.05) is 14.2 Å². The van der Waals surface area contributed by atoms with Gasteiger partial charge in [0.05, 0.1) is 14.2 Å². The summed E-state index contributed by atoms with van der Waals surface area (Å²) in [4.78, 5) is 25.0. The van der Waals surface area contributed by atoms with E-state index in [0.717, 1.165) is 22.6 Å². The molecule has 0 aromatic heterocycles. The number of amides is 2. The summed E-state index contributed by atoms with van der Waals surface area (Å²) in [6.07, 6.45) is 0. The van der Waals surface area contributed by atoms with Crippen LogP contribution in [-0.4, -0.2) is 26.0 Å². The van der Waals surface area contributed by atoms with Gasteiger partial charge < -0.3 is 20.1 Å². The van der Waals surface area contributed by atoms with E-state index in [0.29, 0.717) is 24.2 Å². The highest BCUT2D eigenvalue weighted by Crippen LogP contribution is 2.13. The number of hydrogen-bond donors (Lipinski definition) is 2. The topological polar surface area (TPSA) is 76.7 Å². The van der Waals surface area contributed by atoms with Crippen LogP contribution in [0.2, 0.25) is 0 Å². The molecule has 0 unspecified atom stereocenters. The fourth-order valence-electron chi connectivity index (χ4n) is 2.90. The van der Waals surface area contributed by atoms with Crippen molar-refractivity contribution in [3.05, 3.63) is 95.1 Å². The van der Waals surface area contributed by atoms with Gasteiger partial charge in [0.15, 0.2) is 0 Å². The van der Waals surface area contributed by atoms with E-state index in [9.17, 15) is 9.59 Å². The van der Waals surface area contributed by atoms with Crippen molar-refractivity contribution in [2.24, 2.45) is 0 Å². The zero-order valence-electron chi connectivity index (χ0n) is 17.0. The standard InChI is InChI=1S/C24H24N2O4/c1-29-21-11-9-17(10-12-21)15-25-23(27)19-6-4-7-20(14-19)24(28)26-16-18-5-3-8-22(13-18)30-2/h3-14H,15-16H2,1-2H3,(H,25,27)(H,26,28). The van der Waals surface area contributed by atoms with E-state index in [-0.39, 0.29) is 11.8 Å². The molecule has 2 amide bonds. The lowest BCUT2D eigenvalue weighted by atomic mass is 10.1. The van der Waals surface area contributed by atoms with Crippen molar-refractivity contribution >= 4 is 11.8 Å². The first-order valence-electron chi connectivity index (χ1n) is 9.51. The summed E-state index contributed by atoms with van der Waals surface area (Å²) in [6.45, 7) is 0.749. The largest absolute Gasteiger partial charge is 0.497 e. The normalized spacial score (nSPS) is 10.2. The van der Waals surface area contributed by atoms with Crippen LogP contribution in [-0.2, 0) is 13.1 Å². The molecular formula is C24H24N2O4. The summed E-state index contributed by atoms with van der Waals surface area (Å²) < 4.78 is 10.3. The SMILES string of the molecule is COc1ccc(CNC(=O)c2cccc(C(=O)NCc3cccc(OC)c3)c2)cc1. The molecule has 3 rings (SSSR count). The lowest BCUT2D eigenvalue weighted by molar-refractivity contribution is 0.0950. The van der Waals surface area contributed by atoms with E-state index in [1.807, 2.05) is 48.5 Å². The number of ether oxygens (including phenoxy) is 2. The highest BCUT2D eigenvalue weighted by Gasteiger charge is 2.11. The van der Waals surface area contributed by atoms with Crippen LogP contribution in [0.4, 0.5) is 0 Å². The Kier molecular flexibility index (Phi) is 7.05. The number of benzene rings is 3. The number of rotatable bonds is 8. The van der Waals surface area contributed by atoms with Gasteiger partial charge in [-0.1, -0.05) is 30.3 Å². The number of nitrogens with one attached hydrogen (secondary N) is 2.